The Morgan fingerprint density at radius 3 is 2.75 bits per heavy atom. The highest BCUT2D eigenvalue weighted by Gasteiger charge is 2.43. The van der Waals surface area contributed by atoms with Crippen molar-refractivity contribution >= 4 is 31.6 Å². The fourth-order valence-corrected chi connectivity index (χ4v) is 4.82. The molecule has 0 radical (unpaired) electrons. The standard InChI is InChI=1S/C12H14BrFN2O3S/c13-8-3-6(15)4-11(12(8)14)20(17,18)16-9-5-7-1-2-10(9)19-7/h3-4,7,9-10,16H,1-2,5,15H2. The lowest BCUT2D eigenvalue weighted by molar-refractivity contribution is 0.0996. The van der Waals surface area contributed by atoms with Crippen LogP contribution in [0.2, 0.25) is 0 Å². The summed E-state index contributed by atoms with van der Waals surface area (Å²) in [6, 6.07) is 2.16. The minimum Gasteiger partial charge on any atom is -0.399 e. The van der Waals surface area contributed by atoms with Crippen LogP contribution in [-0.4, -0.2) is 26.7 Å². The van der Waals surface area contributed by atoms with E-state index in [0.717, 1.165) is 18.9 Å². The van der Waals surface area contributed by atoms with E-state index in [-0.39, 0.29) is 28.4 Å². The van der Waals surface area contributed by atoms with Crippen LogP contribution in [0.5, 0.6) is 0 Å². The van der Waals surface area contributed by atoms with Crippen molar-refractivity contribution in [3.05, 3.63) is 22.4 Å². The summed E-state index contributed by atoms with van der Waals surface area (Å²) in [6.07, 6.45) is 2.43. The number of ether oxygens (including phenoxy) is 1. The lowest BCUT2D eigenvalue weighted by Crippen LogP contribution is -2.41. The molecule has 0 spiro atoms. The van der Waals surface area contributed by atoms with Gasteiger partial charge < -0.3 is 10.5 Å². The minimum atomic E-state index is -3.96. The van der Waals surface area contributed by atoms with Crippen molar-refractivity contribution in [3.63, 3.8) is 0 Å². The Bertz CT molecular complexity index is 652. The largest absolute Gasteiger partial charge is 0.399 e. The molecule has 0 saturated carbocycles. The molecule has 1 aromatic rings. The van der Waals surface area contributed by atoms with Crippen LogP contribution in [0.3, 0.4) is 0 Å². The van der Waals surface area contributed by atoms with Crippen molar-refractivity contribution in [2.24, 2.45) is 0 Å². The molecule has 0 amide bonds. The lowest BCUT2D eigenvalue weighted by Gasteiger charge is -2.20. The molecular formula is C12H14BrFN2O3S. The molecule has 0 aliphatic carbocycles. The van der Waals surface area contributed by atoms with E-state index in [2.05, 4.69) is 20.7 Å². The van der Waals surface area contributed by atoms with Crippen molar-refractivity contribution < 1.29 is 17.5 Å². The molecule has 3 atom stereocenters. The number of sulfonamides is 1. The zero-order chi connectivity index (χ0) is 14.5. The van der Waals surface area contributed by atoms with Crippen molar-refractivity contribution in [1.29, 1.82) is 0 Å². The summed E-state index contributed by atoms with van der Waals surface area (Å²) in [6.45, 7) is 0. The topological polar surface area (TPSA) is 81.4 Å². The van der Waals surface area contributed by atoms with Gasteiger partial charge in [-0.3, -0.25) is 0 Å². The monoisotopic (exact) mass is 364 g/mol. The Balaban J connectivity index is 1.89. The Morgan fingerprint density at radius 1 is 1.40 bits per heavy atom. The summed E-state index contributed by atoms with van der Waals surface area (Å²) in [5.74, 6) is -0.837. The molecule has 20 heavy (non-hydrogen) atoms. The second-order valence-electron chi connectivity index (χ2n) is 5.15. The average molecular weight is 365 g/mol. The van der Waals surface area contributed by atoms with E-state index in [1.54, 1.807) is 0 Å². The summed E-state index contributed by atoms with van der Waals surface area (Å²) in [5.41, 5.74) is 5.76. The normalized spacial score (nSPS) is 29.0. The van der Waals surface area contributed by atoms with Crippen LogP contribution in [0.1, 0.15) is 19.3 Å². The van der Waals surface area contributed by atoms with Gasteiger partial charge in [0.25, 0.3) is 0 Å². The molecule has 5 nitrogen and oxygen atoms in total. The molecule has 3 unspecified atom stereocenters. The molecule has 2 saturated heterocycles. The maximum atomic E-state index is 14.0. The van der Waals surface area contributed by atoms with Gasteiger partial charge in [0.1, 0.15) is 4.90 Å². The van der Waals surface area contributed by atoms with Gasteiger partial charge in [0.2, 0.25) is 10.0 Å². The first kappa shape index (κ1) is 14.2. The van der Waals surface area contributed by atoms with Gasteiger partial charge in [-0.05, 0) is 47.3 Å². The fourth-order valence-electron chi connectivity index (χ4n) is 2.80. The molecular weight excluding hydrogens is 351 g/mol. The van der Waals surface area contributed by atoms with Crippen LogP contribution in [-0.2, 0) is 14.8 Å². The highest BCUT2D eigenvalue weighted by atomic mass is 79.9. The summed E-state index contributed by atoms with van der Waals surface area (Å²) in [4.78, 5) is -0.438. The molecule has 1 aromatic carbocycles. The molecule has 0 aromatic heterocycles. The Kier molecular flexibility index (Phi) is 3.52. The van der Waals surface area contributed by atoms with Crippen LogP contribution in [0.4, 0.5) is 10.1 Å². The quantitative estimate of drug-likeness (QED) is 0.800. The van der Waals surface area contributed by atoms with Gasteiger partial charge >= 0.3 is 0 Å². The average Bonchev–Trinajstić information content (AvgIpc) is 2.95. The van der Waals surface area contributed by atoms with Gasteiger partial charge in [0.15, 0.2) is 5.82 Å². The highest BCUT2D eigenvalue weighted by molar-refractivity contribution is 9.10. The van der Waals surface area contributed by atoms with E-state index < -0.39 is 20.7 Å². The molecule has 2 heterocycles. The number of halogens is 2. The molecule has 8 heteroatoms. The zero-order valence-electron chi connectivity index (χ0n) is 10.5. The number of nitrogen functional groups attached to an aromatic ring is 1. The van der Waals surface area contributed by atoms with Crippen molar-refractivity contribution in [2.45, 2.75) is 42.4 Å². The predicted molar refractivity (Wildman–Crippen MR) is 75.1 cm³/mol. The number of anilines is 1. The number of nitrogens with two attached hydrogens (primary N) is 1. The third-order valence-electron chi connectivity index (χ3n) is 3.72. The number of rotatable bonds is 3. The maximum absolute atomic E-state index is 14.0. The molecule has 2 bridgehead atoms. The summed E-state index contributed by atoms with van der Waals surface area (Å²) < 4.78 is 46.7. The van der Waals surface area contributed by atoms with Crippen molar-refractivity contribution in [2.75, 3.05) is 5.73 Å². The molecule has 3 N–H and O–H groups in total. The molecule has 2 aliphatic heterocycles. The highest BCUT2D eigenvalue weighted by Crippen LogP contribution is 2.35. The number of benzene rings is 1. The van der Waals surface area contributed by atoms with E-state index in [0.29, 0.717) is 6.42 Å². The molecule has 2 aliphatic rings. The van der Waals surface area contributed by atoms with Gasteiger partial charge in [-0.25, -0.2) is 17.5 Å². The number of fused-ring (bicyclic) bond motifs is 2. The first-order valence-corrected chi connectivity index (χ1v) is 8.57. The Hall–Kier alpha value is -0.700. The van der Waals surface area contributed by atoms with Crippen LogP contribution in [0, 0.1) is 5.82 Å². The number of hydrogen-bond acceptors (Lipinski definition) is 4. The van der Waals surface area contributed by atoms with E-state index in [4.69, 9.17) is 10.5 Å². The molecule has 110 valence electrons. The SMILES string of the molecule is Nc1cc(Br)c(F)c(S(=O)(=O)NC2CC3CCC2O3)c1. The second kappa shape index (κ2) is 4.94. The van der Waals surface area contributed by atoms with E-state index >= 15 is 0 Å². The maximum Gasteiger partial charge on any atom is 0.243 e. The van der Waals surface area contributed by atoms with E-state index in [1.165, 1.54) is 6.07 Å². The minimum absolute atomic E-state index is 0.0297. The third-order valence-corrected chi connectivity index (χ3v) is 5.79. The summed E-state index contributed by atoms with van der Waals surface area (Å²) >= 11 is 2.96. The molecule has 3 rings (SSSR count). The second-order valence-corrected chi connectivity index (χ2v) is 7.69. The van der Waals surface area contributed by atoms with Crippen LogP contribution in [0.15, 0.2) is 21.5 Å². The number of hydrogen-bond donors (Lipinski definition) is 2. The summed E-state index contributed by atoms with van der Waals surface area (Å²) in [5, 5.41) is 0. The van der Waals surface area contributed by atoms with Crippen LogP contribution < -0.4 is 10.5 Å². The smallest absolute Gasteiger partial charge is 0.243 e. The first-order valence-electron chi connectivity index (χ1n) is 6.29. The molecule has 2 fully saturated rings. The third kappa shape index (κ3) is 2.45. The Labute approximate surface area is 124 Å². The van der Waals surface area contributed by atoms with Crippen molar-refractivity contribution in [3.8, 4) is 0 Å². The van der Waals surface area contributed by atoms with Gasteiger partial charge in [-0.2, -0.15) is 0 Å². The number of nitrogens with one attached hydrogen (secondary N) is 1. The summed E-state index contributed by atoms with van der Waals surface area (Å²) in [7, 11) is -3.96. The van der Waals surface area contributed by atoms with Gasteiger partial charge in [0.05, 0.1) is 22.7 Å². The zero-order valence-corrected chi connectivity index (χ0v) is 12.9. The van der Waals surface area contributed by atoms with Crippen molar-refractivity contribution in [1.82, 2.24) is 4.72 Å². The van der Waals surface area contributed by atoms with Gasteiger partial charge in [-0.15, -0.1) is 0 Å². The lowest BCUT2D eigenvalue weighted by atomic mass is 9.96. The van der Waals surface area contributed by atoms with Gasteiger partial charge in [0, 0.05) is 5.69 Å². The van der Waals surface area contributed by atoms with Gasteiger partial charge in [-0.1, -0.05) is 0 Å². The van der Waals surface area contributed by atoms with Crippen LogP contribution >= 0.6 is 15.9 Å². The predicted octanol–water partition coefficient (Wildman–Crippen LogP) is 1.77. The van der Waals surface area contributed by atoms with E-state index in [1.807, 2.05) is 0 Å². The van der Waals surface area contributed by atoms with E-state index in [9.17, 15) is 12.8 Å². The Morgan fingerprint density at radius 2 is 2.15 bits per heavy atom. The fraction of sp³-hybridized carbons (Fsp3) is 0.500. The van der Waals surface area contributed by atoms with Crippen LogP contribution in [0.25, 0.3) is 0 Å². The first-order chi connectivity index (χ1) is 9.37.